The van der Waals surface area contributed by atoms with E-state index in [1.807, 2.05) is 18.2 Å². The number of anilines is 1. The van der Waals surface area contributed by atoms with Gasteiger partial charge in [-0.05, 0) is 43.3 Å². The van der Waals surface area contributed by atoms with Crippen LogP contribution in [-0.2, 0) is 0 Å². The van der Waals surface area contributed by atoms with Crippen molar-refractivity contribution in [2.24, 2.45) is 0 Å². The minimum Gasteiger partial charge on any atom is -0.388 e. The lowest BCUT2D eigenvalue weighted by Gasteiger charge is -2.35. The fourth-order valence-electron chi connectivity index (χ4n) is 3.48. The van der Waals surface area contributed by atoms with E-state index in [9.17, 15) is 14.3 Å². The van der Waals surface area contributed by atoms with E-state index in [0.29, 0.717) is 43.0 Å². The molecule has 4 rings (SSSR count). The van der Waals surface area contributed by atoms with Crippen molar-refractivity contribution in [1.82, 2.24) is 15.0 Å². The molecule has 1 aliphatic rings. The van der Waals surface area contributed by atoms with Gasteiger partial charge in [0.1, 0.15) is 17.3 Å². The van der Waals surface area contributed by atoms with Crippen LogP contribution in [0, 0.1) is 5.82 Å². The Balaban J connectivity index is 1.54. The number of nitrogens with zero attached hydrogens (tertiary/aromatic N) is 4. The third-order valence-electron chi connectivity index (χ3n) is 5.00. The van der Waals surface area contributed by atoms with E-state index in [1.165, 1.54) is 12.1 Å². The molecule has 2 aromatic heterocycles. The number of carbonyl (C=O) groups is 1. The minimum atomic E-state index is -0.963. The van der Waals surface area contributed by atoms with Gasteiger partial charge in [-0.2, -0.15) is 0 Å². The van der Waals surface area contributed by atoms with Gasteiger partial charge >= 0.3 is 0 Å². The highest BCUT2D eigenvalue weighted by Gasteiger charge is 2.31. The van der Waals surface area contributed by atoms with E-state index < -0.39 is 6.10 Å². The number of carbonyl (C=O) groups excluding carboxylic acids is 1. The highest BCUT2D eigenvalue weighted by Crippen LogP contribution is 2.31. The van der Waals surface area contributed by atoms with E-state index in [2.05, 4.69) is 15.0 Å². The second kappa shape index (κ2) is 8.00. The maximum absolute atomic E-state index is 13.2. The van der Waals surface area contributed by atoms with Crippen LogP contribution in [0.4, 0.5) is 10.2 Å². The predicted molar refractivity (Wildman–Crippen MR) is 105 cm³/mol. The predicted octanol–water partition coefficient (Wildman–Crippen LogP) is 2.89. The van der Waals surface area contributed by atoms with Crippen molar-refractivity contribution in [2.75, 3.05) is 31.1 Å². The number of aliphatic hydroxyl groups is 1. The molecule has 0 unspecified atom stereocenters. The van der Waals surface area contributed by atoms with Crippen LogP contribution in [0.3, 0.4) is 0 Å². The number of amides is 1. The first-order valence-corrected chi connectivity index (χ1v) is 9.43. The van der Waals surface area contributed by atoms with Crippen LogP contribution in [0.15, 0.2) is 53.2 Å². The van der Waals surface area contributed by atoms with Crippen molar-refractivity contribution in [2.45, 2.75) is 13.0 Å². The van der Waals surface area contributed by atoms with Crippen molar-refractivity contribution in [1.29, 1.82) is 0 Å². The second-order valence-electron chi connectivity index (χ2n) is 6.92. The lowest BCUT2D eigenvalue weighted by molar-refractivity contribution is 0.0696. The largest absolute Gasteiger partial charge is 0.388 e. The number of rotatable bonds is 4. The van der Waals surface area contributed by atoms with Gasteiger partial charge in [-0.25, -0.2) is 9.37 Å². The molecule has 1 aromatic carbocycles. The molecule has 150 valence electrons. The molecule has 3 aromatic rings. The molecule has 1 amide bonds. The average Bonchev–Trinajstić information content (AvgIpc) is 3.20. The second-order valence-corrected chi connectivity index (χ2v) is 6.92. The molecule has 7 nitrogen and oxygen atoms in total. The number of benzene rings is 1. The molecule has 1 aliphatic heterocycles. The van der Waals surface area contributed by atoms with Gasteiger partial charge in [-0.1, -0.05) is 11.2 Å². The van der Waals surface area contributed by atoms with Crippen LogP contribution >= 0.6 is 0 Å². The van der Waals surface area contributed by atoms with Crippen LogP contribution in [0.1, 0.15) is 29.1 Å². The summed E-state index contributed by atoms with van der Waals surface area (Å²) >= 11 is 0. The van der Waals surface area contributed by atoms with Gasteiger partial charge < -0.3 is 19.4 Å². The Morgan fingerprint density at radius 3 is 2.48 bits per heavy atom. The highest BCUT2D eigenvalue weighted by atomic mass is 19.1. The SMILES string of the molecule is C[C@H](O)c1c(-c2ccc(F)cc2)noc1C(=O)N1CCN(c2ccccn2)CC1. The Kier molecular flexibility index (Phi) is 5.26. The smallest absolute Gasteiger partial charge is 0.293 e. The Morgan fingerprint density at radius 2 is 1.86 bits per heavy atom. The zero-order valence-corrected chi connectivity index (χ0v) is 16.0. The number of hydrogen-bond acceptors (Lipinski definition) is 6. The van der Waals surface area contributed by atoms with Crippen LogP contribution in [-0.4, -0.2) is 52.2 Å². The lowest BCUT2D eigenvalue weighted by atomic mass is 10.0. The molecule has 1 N–H and O–H groups in total. The fraction of sp³-hybridized carbons (Fsp3) is 0.286. The van der Waals surface area contributed by atoms with Crippen molar-refractivity contribution >= 4 is 11.7 Å². The number of aliphatic hydroxyl groups excluding tert-OH is 1. The van der Waals surface area contributed by atoms with E-state index in [0.717, 1.165) is 5.82 Å². The third kappa shape index (κ3) is 3.84. The first-order valence-electron chi connectivity index (χ1n) is 9.43. The molecule has 29 heavy (non-hydrogen) atoms. The van der Waals surface area contributed by atoms with Crippen LogP contribution < -0.4 is 4.90 Å². The Labute approximate surface area is 167 Å². The minimum absolute atomic E-state index is 0.0191. The van der Waals surface area contributed by atoms with Gasteiger partial charge in [-0.3, -0.25) is 4.79 Å². The van der Waals surface area contributed by atoms with Gasteiger partial charge in [0.05, 0.1) is 11.7 Å². The molecular weight excluding hydrogens is 375 g/mol. The van der Waals surface area contributed by atoms with Crippen molar-refractivity contribution in [3.8, 4) is 11.3 Å². The molecule has 0 radical (unpaired) electrons. The number of aromatic nitrogens is 2. The van der Waals surface area contributed by atoms with E-state index in [1.54, 1.807) is 30.2 Å². The number of pyridine rings is 1. The third-order valence-corrected chi connectivity index (χ3v) is 5.00. The van der Waals surface area contributed by atoms with Crippen LogP contribution in [0.5, 0.6) is 0 Å². The fourth-order valence-corrected chi connectivity index (χ4v) is 3.48. The zero-order valence-electron chi connectivity index (χ0n) is 16.0. The van der Waals surface area contributed by atoms with Gasteiger partial charge in [0, 0.05) is 37.9 Å². The first-order chi connectivity index (χ1) is 14.0. The Hall–Kier alpha value is -3.26. The number of hydrogen-bond donors (Lipinski definition) is 1. The number of piperazine rings is 1. The van der Waals surface area contributed by atoms with Gasteiger partial charge in [0.25, 0.3) is 5.91 Å². The monoisotopic (exact) mass is 396 g/mol. The molecule has 3 heterocycles. The van der Waals surface area contributed by atoms with Crippen LogP contribution in [0.2, 0.25) is 0 Å². The van der Waals surface area contributed by atoms with Gasteiger partial charge in [0.15, 0.2) is 0 Å². The molecule has 1 fully saturated rings. The highest BCUT2D eigenvalue weighted by molar-refractivity contribution is 5.94. The maximum Gasteiger partial charge on any atom is 0.293 e. The first kappa shape index (κ1) is 19.1. The summed E-state index contributed by atoms with van der Waals surface area (Å²) in [5, 5.41) is 14.3. The van der Waals surface area contributed by atoms with E-state index in [-0.39, 0.29) is 17.5 Å². The normalized spacial score (nSPS) is 15.4. The summed E-state index contributed by atoms with van der Waals surface area (Å²) in [6.45, 7) is 3.84. The standard InChI is InChI=1S/C21H21FN4O3/c1-14(27)18-19(15-5-7-16(22)8-6-15)24-29-20(18)21(28)26-12-10-25(11-13-26)17-4-2-3-9-23-17/h2-9,14,27H,10-13H2,1H3/t14-/m0/s1. The summed E-state index contributed by atoms with van der Waals surface area (Å²) in [4.78, 5) is 21.2. The molecular formula is C21H21FN4O3. The summed E-state index contributed by atoms with van der Waals surface area (Å²) in [5.74, 6) is 0.202. The molecule has 1 atom stereocenters. The average molecular weight is 396 g/mol. The molecule has 0 saturated carbocycles. The van der Waals surface area contributed by atoms with E-state index >= 15 is 0 Å². The van der Waals surface area contributed by atoms with Crippen molar-refractivity contribution < 1.29 is 18.8 Å². The number of halogens is 1. The molecule has 8 heteroatoms. The summed E-state index contributed by atoms with van der Waals surface area (Å²) in [6, 6.07) is 11.4. The topological polar surface area (TPSA) is 82.7 Å². The maximum atomic E-state index is 13.2. The van der Waals surface area contributed by atoms with Crippen molar-refractivity contribution in [3.05, 3.63) is 65.8 Å². The summed E-state index contributed by atoms with van der Waals surface area (Å²) in [6.07, 6.45) is 0.780. The molecule has 0 bridgehead atoms. The summed E-state index contributed by atoms with van der Waals surface area (Å²) < 4.78 is 18.6. The zero-order chi connectivity index (χ0) is 20.4. The Morgan fingerprint density at radius 1 is 1.14 bits per heavy atom. The van der Waals surface area contributed by atoms with Crippen molar-refractivity contribution in [3.63, 3.8) is 0 Å². The molecule has 0 spiro atoms. The molecule has 0 aliphatic carbocycles. The quantitative estimate of drug-likeness (QED) is 0.730. The molecule has 1 saturated heterocycles. The van der Waals surface area contributed by atoms with Gasteiger partial charge in [0.2, 0.25) is 5.76 Å². The lowest BCUT2D eigenvalue weighted by Crippen LogP contribution is -2.49. The summed E-state index contributed by atoms with van der Waals surface area (Å²) in [5.41, 5.74) is 1.23. The van der Waals surface area contributed by atoms with E-state index in [4.69, 9.17) is 4.52 Å². The van der Waals surface area contributed by atoms with Gasteiger partial charge in [-0.15, -0.1) is 0 Å². The summed E-state index contributed by atoms with van der Waals surface area (Å²) in [7, 11) is 0. The van der Waals surface area contributed by atoms with Crippen LogP contribution in [0.25, 0.3) is 11.3 Å². The Bertz CT molecular complexity index is 981.